The summed E-state index contributed by atoms with van der Waals surface area (Å²) in [7, 11) is 2.64. The number of nitrogens with zero attached hydrogens (tertiary/aromatic N) is 1. The van der Waals surface area contributed by atoms with Crippen molar-refractivity contribution in [2.45, 2.75) is 0 Å². The summed E-state index contributed by atoms with van der Waals surface area (Å²) in [5.74, 6) is 1.81. The molecule has 0 aliphatic heterocycles. The zero-order valence-corrected chi connectivity index (χ0v) is 4.02. The van der Waals surface area contributed by atoms with Gasteiger partial charge < -0.3 is 4.99 Å². The highest BCUT2D eigenvalue weighted by molar-refractivity contribution is 6.71. The molecule has 32 valence electrons. The normalized spacial score (nSPS) is 8.83. The van der Waals surface area contributed by atoms with Crippen LogP contribution in [0.25, 0.3) is 0 Å². The predicted molar refractivity (Wildman–Crippen MR) is 31.8 cm³/mol. The monoisotopic (exact) mass is 81.1 g/mol. The molecule has 0 aliphatic carbocycles. The molecule has 0 aromatic rings. The molecule has 0 spiro atoms. The summed E-state index contributed by atoms with van der Waals surface area (Å²) >= 11 is 0. The van der Waals surface area contributed by atoms with E-state index in [1.807, 2.05) is 12.1 Å². The van der Waals surface area contributed by atoms with E-state index in [0.717, 1.165) is 7.28 Å². The minimum Gasteiger partial charge on any atom is -0.311 e. The maximum absolute atomic E-state index is 3.73. The minimum atomic E-state index is 0.885. The smallest absolute Gasteiger partial charge is 0.196 e. The van der Waals surface area contributed by atoms with Gasteiger partial charge in [0.15, 0.2) is 7.28 Å². The molecule has 0 N–H and O–H groups in total. The van der Waals surface area contributed by atoms with Crippen molar-refractivity contribution >= 4 is 13.4 Å². The first-order valence-corrected chi connectivity index (χ1v) is 1.93. The zero-order chi connectivity index (χ0) is 4.83. The molecule has 0 amide bonds. The fourth-order valence-corrected chi connectivity index (χ4v) is 0.180. The summed E-state index contributed by atoms with van der Waals surface area (Å²) in [4.78, 5) is 3.73. The van der Waals surface area contributed by atoms with Crippen molar-refractivity contribution in [2.24, 2.45) is 4.99 Å². The van der Waals surface area contributed by atoms with E-state index in [-0.39, 0.29) is 0 Å². The van der Waals surface area contributed by atoms with Gasteiger partial charge in [0.2, 0.25) is 0 Å². The molecule has 0 aromatic carbocycles. The van der Waals surface area contributed by atoms with Gasteiger partial charge in [-0.1, -0.05) is 0 Å². The van der Waals surface area contributed by atoms with Crippen molar-refractivity contribution in [1.29, 1.82) is 0 Å². The molecule has 6 heavy (non-hydrogen) atoms. The molecule has 0 aromatic heterocycles. The average molecular weight is 80.9 g/mol. The summed E-state index contributed by atoms with van der Waals surface area (Å²) < 4.78 is 0. The Morgan fingerprint density at radius 2 is 2.50 bits per heavy atom. The molecule has 2 heteroatoms. The molecule has 0 radical (unpaired) electrons. The third-order valence-electron chi connectivity index (χ3n) is 0.455. The summed E-state index contributed by atoms with van der Waals surface area (Å²) in [5, 5.41) is 0. The van der Waals surface area contributed by atoms with Crippen molar-refractivity contribution in [3.8, 4) is 0 Å². The molecule has 0 saturated heterocycles. The molecule has 0 rings (SSSR count). The Morgan fingerprint density at radius 3 is 2.67 bits per heavy atom. The largest absolute Gasteiger partial charge is 0.311 e. The van der Waals surface area contributed by atoms with Crippen LogP contribution in [-0.2, 0) is 0 Å². The van der Waals surface area contributed by atoms with Crippen LogP contribution >= 0.6 is 0 Å². The van der Waals surface area contributed by atoms with Crippen molar-refractivity contribution in [1.82, 2.24) is 0 Å². The highest BCUT2D eigenvalue weighted by Crippen LogP contribution is 1.52. The van der Waals surface area contributed by atoms with Crippen molar-refractivity contribution < 1.29 is 0 Å². The first-order valence-electron chi connectivity index (χ1n) is 1.93. The number of rotatable bonds is 2. The Bertz CT molecular complexity index is 58.6. The van der Waals surface area contributed by atoms with E-state index >= 15 is 0 Å². The second-order valence-electron chi connectivity index (χ2n) is 0.965. The molecular formula is C4H8BN. The van der Waals surface area contributed by atoms with Gasteiger partial charge in [0.05, 0.1) is 0 Å². The maximum atomic E-state index is 3.73. The molecular weight excluding hydrogens is 72.9 g/mol. The van der Waals surface area contributed by atoms with Gasteiger partial charge in [-0.05, 0) is 6.11 Å². The Labute approximate surface area is 39.0 Å². The fraction of sp³-hybridized carbons (Fsp3) is 0.250. The second-order valence-corrected chi connectivity index (χ2v) is 0.965. The SMILES string of the molecule is C=CB/C=N\C. The molecule has 1 nitrogen and oxygen atoms in total. The van der Waals surface area contributed by atoms with Crippen LogP contribution in [-0.4, -0.2) is 20.4 Å². The molecule has 0 bridgehead atoms. The molecule has 0 aliphatic rings. The molecule has 0 saturated carbocycles. The van der Waals surface area contributed by atoms with Gasteiger partial charge >= 0.3 is 0 Å². The third kappa shape index (κ3) is 3.47. The predicted octanol–water partition coefficient (Wildman–Crippen LogP) is 0.224. The number of aliphatic imine (C=N–C) groups is 1. The van der Waals surface area contributed by atoms with Crippen LogP contribution in [0.5, 0.6) is 0 Å². The van der Waals surface area contributed by atoms with Crippen LogP contribution in [0, 0.1) is 0 Å². The highest BCUT2D eigenvalue weighted by atomic mass is 14.6. The van der Waals surface area contributed by atoms with Crippen LogP contribution in [0.2, 0.25) is 0 Å². The van der Waals surface area contributed by atoms with E-state index in [1.165, 1.54) is 0 Å². The standard InChI is InChI=1S/C4H8BN/c1-3-5-4-6-2/h3-5H,1H2,2H3/b6-4-. The van der Waals surface area contributed by atoms with Crippen LogP contribution < -0.4 is 0 Å². The van der Waals surface area contributed by atoms with Crippen molar-refractivity contribution in [3.63, 3.8) is 0 Å². The maximum Gasteiger partial charge on any atom is 0.196 e. The number of hydrogen-bond acceptors (Lipinski definition) is 1. The van der Waals surface area contributed by atoms with Crippen LogP contribution in [0.1, 0.15) is 0 Å². The lowest BCUT2D eigenvalue weighted by atomic mass is 9.82. The van der Waals surface area contributed by atoms with E-state index in [2.05, 4.69) is 11.6 Å². The lowest BCUT2D eigenvalue weighted by molar-refractivity contribution is 1.49. The Morgan fingerprint density at radius 1 is 1.83 bits per heavy atom. The first-order chi connectivity index (χ1) is 2.91. The van der Waals surface area contributed by atoms with Crippen LogP contribution in [0.4, 0.5) is 0 Å². The van der Waals surface area contributed by atoms with Crippen LogP contribution in [0.3, 0.4) is 0 Å². The number of hydrogen-bond donors (Lipinski definition) is 0. The zero-order valence-electron chi connectivity index (χ0n) is 4.02. The van der Waals surface area contributed by atoms with E-state index < -0.39 is 0 Å². The van der Waals surface area contributed by atoms with Crippen molar-refractivity contribution in [3.05, 3.63) is 12.6 Å². The summed E-state index contributed by atoms with van der Waals surface area (Å²) in [6.45, 7) is 3.51. The van der Waals surface area contributed by atoms with Gasteiger partial charge in [-0.15, -0.1) is 12.6 Å². The van der Waals surface area contributed by atoms with Gasteiger partial charge in [-0.25, -0.2) is 0 Å². The third-order valence-corrected chi connectivity index (χ3v) is 0.455. The molecule has 0 unspecified atom stereocenters. The van der Waals surface area contributed by atoms with E-state index in [9.17, 15) is 0 Å². The molecule has 0 fully saturated rings. The topological polar surface area (TPSA) is 12.4 Å². The van der Waals surface area contributed by atoms with Gasteiger partial charge in [-0.3, -0.25) is 0 Å². The van der Waals surface area contributed by atoms with Gasteiger partial charge in [0, 0.05) is 7.05 Å². The van der Waals surface area contributed by atoms with E-state index in [1.54, 1.807) is 7.05 Å². The van der Waals surface area contributed by atoms with Crippen LogP contribution in [0.15, 0.2) is 17.5 Å². The lowest BCUT2D eigenvalue weighted by Crippen LogP contribution is -1.81. The van der Waals surface area contributed by atoms with Gasteiger partial charge in [0.25, 0.3) is 0 Å². The summed E-state index contributed by atoms with van der Waals surface area (Å²) in [5.41, 5.74) is 0. The van der Waals surface area contributed by atoms with Gasteiger partial charge in [0.1, 0.15) is 0 Å². The Hall–Kier alpha value is -0.525. The van der Waals surface area contributed by atoms with Crippen molar-refractivity contribution in [2.75, 3.05) is 7.05 Å². The summed E-state index contributed by atoms with van der Waals surface area (Å²) in [6, 6.07) is 0. The van der Waals surface area contributed by atoms with E-state index in [0.29, 0.717) is 0 Å². The quantitative estimate of drug-likeness (QED) is 0.333. The average Bonchev–Trinajstić information content (AvgIpc) is 1.61. The second kappa shape index (κ2) is 4.47. The molecule has 0 heterocycles. The highest BCUT2D eigenvalue weighted by Gasteiger charge is 1.64. The van der Waals surface area contributed by atoms with E-state index in [4.69, 9.17) is 0 Å². The first kappa shape index (κ1) is 5.47. The minimum absolute atomic E-state index is 0.885. The Balaban J connectivity index is 2.85. The summed E-state index contributed by atoms with van der Waals surface area (Å²) in [6.07, 6.45) is 1.81. The fourth-order valence-electron chi connectivity index (χ4n) is 0.180. The lowest BCUT2D eigenvalue weighted by Gasteiger charge is -1.66. The Kier molecular flexibility index (Phi) is 4.08. The van der Waals surface area contributed by atoms with Gasteiger partial charge in [-0.2, -0.15) is 0 Å². The molecule has 0 atom stereocenters.